The van der Waals surface area contributed by atoms with Crippen LogP contribution in [0.5, 0.6) is 0 Å². The first-order valence-corrected chi connectivity index (χ1v) is 5.74. The van der Waals surface area contributed by atoms with Crippen LogP contribution in [0, 0.1) is 0 Å². The zero-order valence-electron chi connectivity index (χ0n) is 9.99. The van der Waals surface area contributed by atoms with Gasteiger partial charge < -0.3 is 5.32 Å². The monoisotopic (exact) mass is 217 g/mol. The van der Waals surface area contributed by atoms with E-state index in [0.717, 1.165) is 17.7 Å². The van der Waals surface area contributed by atoms with Crippen LogP contribution in [0.2, 0.25) is 0 Å². The Bertz CT molecular complexity index is 369. The number of rotatable bonds is 6. The minimum atomic E-state index is 0.263. The van der Waals surface area contributed by atoms with Crippen molar-refractivity contribution in [1.29, 1.82) is 0 Å². The zero-order valence-corrected chi connectivity index (χ0v) is 9.99. The summed E-state index contributed by atoms with van der Waals surface area (Å²) in [6.07, 6.45) is 5.61. The molecule has 0 radical (unpaired) electrons. The molecule has 0 amide bonds. The van der Waals surface area contributed by atoms with E-state index in [1.54, 1.807) is 0 Å². The molecule has 1 rings (SSSR count). The second kappa shape index (κ2) is 6.83. The average Bonchev–Trinajstić information content (AvgIpc) is 2.28. The lowest BCUT2D eigenvalue weighted by Crippen LogP contribution is -2.13. The molecule has 16 heavy (non-hydrogen) atoms. The Kier molecular flexibility index (Phi) is 5.34. The van der Waals surface area contributed by atoms with Gasteiger partial charge in [-0.15, -0.1) is 0 Å². The van der Waals surface area contributed by atoms with Gasteiger partial charge in [0.1, 0.15) is 0 Å². The number of Topliss-reactive ketones (excluding diaryl/α,β-unsaturated/α-hetero) is 1. The van der Waals surface area contributed by atoms with Crippen molar-refractivity contribution in [1.82, 2.24) is 0 Å². The van der Waals surface area contributed by atoms with Crippen molar-refractivity contribution < 1.29 is 4.79 Å². The maximum absolute atomic E-state index is 11.4. The van der Waals surface area contributed by atoms with Crippen LogP contribution >= 0.6 is 0 Å². The molecule has 1 aromatic carbocycles. The average molecular weight is 217 g/mol. The van der Waals surface area contributed by atoms with E-state index >= 15 is 0 Å². The van der Waals surface area contributed by atoms with Gasteiger partial charge in [0.15, 0.2) is 5.78 Å². The molecule has 0 aliphatic rings. The first-order valence-electron chi connectivity index (χ1n) is 5.74. The Morgan fingerprint density at radius 3 is 2.94 bits per heavy atom. The van der Waals surface area contributed by atoms with E-state index < -0.39 is 0 Å². The highest BCUT2D eigenvalue weighted by molar-refractivity contribution is 5.82. The molecule has 0 heterocycles. The second-order valence-corrected chi connectivity index (χ2v) is 3.77. The van der Waals surface area contributed by atoms with Gasteiger partial charge >= 0.3 is 0 Å². The first kappa shape index (κ1) is 12.5. The fraction of sp³-hybridized carbons (Fsp3) is 0.357. The van der Waals surface area contributed by atoms with Gasteiger partial charge in [-0.2, -0.15) is 0 Å². The maximum atomic E-state index is 11.4. The number of nitrogens with one attached hydrogen (secondary N) is 1. The van der Waals surface area contributed by atoms with E-state index in [2.05, 4.69) is 5.32 Å². The summed E-state index contributed by atoms with van der Waals surface area (Å²) in [6, 6.07) is 8.05. The Morgan fingerprint density at radius 1 is 1.44 bits per heavy atom. The highest BCUT2D eigenvalue weighted by Gasteiger charge is 1.99. The van der Waals surface area contributed by atoms with Crippen LogP contribution < -0.4 is 5.32 Å². The van der Waals surface area contributed by atoms with Gasteiger partial charge in [-0.3, -0.25) is 4.79 Å². The lowest BCUT2D eigenvalue weighted by molar-refractivity contribution is -0.117. The summed E-state index contributed by atoms with van der Waals surface area (Å²) in [7, 11) is 0. The minimum absolute atomic E-state index is 0.263. The van der Waals surface area contributed by atoms with Crippen molar-refractivity contribution in [3.8, 4) is 0 Å². The van der Waals surface area contributed by atoms with E-state index in [0.29, 0.717) is 13.0 Å². The fourth-order valence-electron chi connectivity index (χ4n) is 1.51. The molecule has 86 valence electrons. The summed E-state index contributed by atoms with van der Waals surface area (Å²) in [5, 5.41) is 3.14. The third kappa shape index (κ3) is 4.30. The predicted octanol–water partition coefficient (Wildman–Crippen LogP) is 3.50. The van der Waals surface area contributed by atoms with Crippen molar-refractivity contribution in [2.45, 2.75) is 26.7 Å². The Hall–Kier alpha value is -1.57. The van der Waals surface area contributed by atoms with E-state index in [1.807, 2.05) is 50.3 Å². The van der Waals surface area contributed by atoms with Crippen molar-refractivity contribution in [2.75, 3.05) is 11.9 Å². The summed E-state index contributed by atoms with van der Waals surface area (Å²) >= 11 is 0. The smallest absolute Gasteiger partial charge is 0.151 e. The third-order valence-corrected chi connectivity index (χ3v) is 2.26. The van der Waals surface area contributed by atoms with E-state index in [4.69, 9.17) is 0 Å². The number of carbonyl (C=O) groups is 1. The molecule has 2 nitrogen and oxygen atoms in total. The summed E-state index contributed by atoms with van der Waals surface area (Å²) in [5.41, 5.74) is 2.15. The van der Waals surface area contributed by atoms with Crippen LogP contribution in [-0.2, 0) is 4.79 Å². The van der Waals surface area contributed by atoms with Crippen LogP contribution in [0.3, 0.4) is 0 Å². The van der Waals surface area contributed by atoms with Crippen molar-refractivity contribution in [2.24, 2.45) is 0 Å². The molecular weight excluding hydrogens is 198 g/mol. The topological polar surface area (TPSA) is 29.1 Å². The van der Waals surface area contributed by atoms with Crippen LogP contribution in [0.25, 0.3) is 6.08 Å². The summed E-state index contributed by atoms with van der Waals surface area (Å²) in [5.74, 6) is 0.263. The van der Waals surface area contributed by atoms with Crippen LogP contribution in [0.4, 0.5) is 5.69 Å². The fourth-order valence-corrected chi connectivity index (χ4v) is 1.51. The third-order valence-electron chi connectivity index (χ3n) is 2.26. The number of allylic oxidation sites excluding steroid dienone is 1. The molecule has 0 unspecified atom stereocenters. The van der Waals surface area contributed by atoms with Crippen molar-refractivity contribution >= 4 is 17.5 Å². The normalized spacial score (nSPS) is 10.6. The number of hydrogen-bond donors (Lipinski definition) is 1. The Morgan fingerprint density at radius 2 is 2.25 bits per heavy atom. The molecule has 2 heteroatoms. The van der Waals surface area contributed by atoms with Crippen LogP contribution in [0.15, 0.2) is 30.3 Å². The molecular formula is C14H19NO. The molecule has 0 bridgehead atoms. The molecule has 0 saturated carbocycles. The lowest BCUT2D eigenvalue weighted by Gasteiger charge is -2.05. The molecule has 0 saturated heterocycles. The quantitative estimate of drug-likeness (QED) is 0.790. The molecule has 0 aliphatic heterocycles. The molecule has 0 aromatic heterocycles. The second-order valence-electron chi connectivity index (χ2n) is 3.77. The van der Waals surface area contributed by atoms with Gasteiger partial charge in [0.05, 0.1) is 6.54 Å². The first-order chi connectivity index (χ1) is 7.76. The van der Waals surface area contributed by atoms with Gasteiger partial charge in [0.2, 0.25) is 0 Å². The minimum Gasteiger partial charge on any atom is -0.378 e. The van der Waals surface area contributed by atoms with Gasteiger partial charge in [-0.05, 0) is 31.0 Å². The summed E-state index contributed by atoms with van der Waals surface area (Å²) in [6.45, 7) is 4.43. The zero-order chi connectivity index (χ0) is 11.8. The largest absolute Gasteiger partial charge is 0.378 e. The summed E-state index contributed by atoms with van der Waals surface area (Å²) < 4.78 is 0. The number of benzene rings is 1. The SMILES string of the molecule is C/C=C/c1cccc(NCC(=O)CCC)c1. The number of ketones is 1. The van der Waals surface area contributed by atoms with E-state index in [1.165, 1.54) is 0 Å². The molecule has 0 aliphatic carbocycles. The van der Waals surface area contributed by atoms with E-state index in [9.17, 15) is 4.79 Å². The predicted molar refractivity (Wildman–Crippen MR) is 69.6 cm³/mol. The number of hydrogen-bond acceptors (Lipinski definition) is 2. The van der Waals surface area contributed by atoms with Gasteiger partial charge in [-0.1, -0.05) is 31.2 Å². The number of carbonyl (C=O) groups excluding carboxylic acids is 1. The molecule has 0 fully saturated rings. The maximum Gasteiger partial charge on any atom is 0.151 e. The number of anilines is 1. The van der Waals surface area contributed by atoms with Gasteiger partial charge in [-0.25, -0.2) is 0 Å². The lowest BCUT2D eigenvalue weighted by atomic mass is 10.2. The van der Waals surface area contributed by atoms with Crippen molar-refractivity contribution in [3.05, 3.63) is 35.9 Å². The highest BCUT2D eigenvalue weighted by atomic mass is 16.1. The van der Waals surface area contributed by atoms with Crippen molar-refractivity contribution in [3.63, 3.8) is 0 Å². The molecule has 0 atom stereocenters. The Balaban J connectivity index is 2.53. The van der Waals surface area contributed by atoms with Gasteiger partial charge in [0.25, 0.3) is 0 Å². The Labute approximate surface area is 97.4 Å². The molecule has 1 N–H and O–H groups in total. The van der Waals surface area contributed by atoms with E-state index in [-0.39, 0.29) is 5.78 Å². The molecule has 1 aromatic rings. The van der Waals surface area contributed by atoms with Gasteiger partial charge in [0, 0.05) is 12.1 Å². The standard InChI is InChI=1S/C14H19NO/c1-3-6-12-8-5-9-13(10-12)15-11-14(16)7-4-2/h3,5-6,8-10,15H,4,7,11H2,1-2H3/b6-3+. The van der Waals surface area contributed by atoms with Crippen LogP contribution in [-0.4, -0.2) is 12.3 Å². The summed E-state index contributed by atoms with van der Waals surface area (Å²) in [4.78, 5) is 11.4. The molecule has 0 spiro atoms. The van der Waals surface area contributed by atoms with Crippen LogP contribution in [0.1, 0.15) is 32.3 Å². The highest BCUT2D eigenvalue weighted by Crippen LogP contribution is 2.11.